The molecule has 2 rings (SSSR count). The van der Waals surface area contributed by atoms with Crippen molar-refractivity contribution in [1.82, 2.24) is 9.97 Å². The van der Waals surface area contributed by atoms with Crippen LogP contribution in [0.2, 0.25) is 0 Å². The van der Waals surface area contributed by atoms with Crippen LogP contribution in [0.5, 0.6) is 0 Å². The summed E-state index contributed by atoms with van der Waals surface area (Å²) in [4.78, 5) is 19.7. The van der Waals surface area contributed by atoms with Gasteiger partial charge in [-0.15, -0.1) is 11.3 Å². The Morgan fingerprint density at radius 3 is 2.85 bits per heavy atom. The number of nitrogens with zero attached hydrogens (tertiary/aromatic N) is 3. The van der Waals surface area contributed by atoms with Gasteiger partial charge in [-0.05, 0) is 19.4 Å². The van der Waals surface area contributed by atoms with Crippen LogP contribution in [0.3, 0.4) is 0 Å². The van der Waals surface area contributed by atoms with Crippen molar-refractivity contribution in [2.24, 2.45) is 0 Å². The molecular formula is C12H15N5O2S. The molecule has 3 N–H and O–H groups in total. The Morgan fingerprint density at radius 1 is 1.55 bits per heavy atom. The first kappa shape index (κ1) is 14.2. The number of rotatable bonds is 5. The van der Waals surface area contributed by atoms with Gasteiger partial charge in [-0.25, -0.2) is 9.97 Å². The van der Waals surface area contributed by atoms with Crippen LogP contribution in [0, 0.1) is 10.1 Å². The fourth-order valence-electron chi connectivity index (χ4n) is 1.67. The van der Waals surface area contributed by atoms with Gasteiger partial charge in [0.1, 0.15) is 10.8 Å². The average Bonchev–Trinajstić information content (AvgIpc) is 2.87. The lowest BCUT2D eigenvalue weighted by Crippen LogP contribution is -2.09. The highest BCUT2D eigenvalue weighted by molar-refractivity contribution is 7.11. The number of pyridine rings is 1. The van der Waals surface area contributed by atoms with Crippen LogP contribution in [0.15, 0.2) is 18.3 Å². The molecule has 0 aliphatic rings. The Balaban J connectivity index is 2.13. The zero-order chi connectivity index (χ0) is 14.7. The molecule has 20 heavy (non-hydrogen) atoms. The molecule has 8 heteroatoms. The van der Waals surface area contributed by atoms with Gasteiger partial charge in [0, 0.05) is 17.1 Å². The summed E-state index contributed by atoms with van der Waals surface area (Å²) >= 11 is 1.63. The molecule has 0 aromatic carbocycles. The molecule has 7 nitrogen and oxygen atoms in total. The van der Waals surface area contributed by atoms with Crippen molar-refractivity contribution >= 4 is 28.7 Å². The van der Waals surface area contributed by atoms with E-state index in [1.54, 1.807) is 17.4 Å². The molecule has 0 spiro atoms. The first-order valence-corrected chi connectivity index (χ1v) is 6.95. The Bertz CT molecular complexity index is 628. The molecule has 0 amide bonds. The highest BCUT2D eigenvalue weighted by Crippen LogP contribution is 2.26. The third-order valence-corrected chi connectivity index (χ3v) is 4.08. The van der Waals surface area contributed by atoms with Crippen molar-refractivity contribution in [1.29, 1.82) is 0 Å². The quantitative estimate of drug-likeness (QED) is 0.648. The normalized spacial score (nSPS) is 12.1. The SMILES string of the molecule is CCc1cnc(C(C)Nc2ccc([N+](=O)[O-])c(N)n2)s1. The number of hydrogen-bond acceptors (Lipinski definition) is 7. The van der Waals surface area contributed by atoms with Gasteiger partial charge < -0.3 is 11.1 Å². The maximum Gasteiger partial charge on any atom is 0.311 e. The molecule has 1 atom stereocenters. The van der Waals surface area contributed by atoms with Gasteiger partial charge in [-0.2, -0.15) is 0 Å². The lowest BCUT2D eigenvalue weighted by Gasteiger charge is -2.12. The summed E-state index contributed by atoms with van der Waals surface area (Å²) in [5, 5.41) is 14.8. The van der Waals surface area contributed by atoms with Crippen LogP contribution in [-0.2, 0) is 6.42 Å². The van der Waals surface area contributed by atoms with Gasteiger partial charge >= 0.3 is 5.69 Å². The van der Waals surface area contributed by atoms with Crippen molar-refractivity contribution in [3.05, 3.63) is 38.3 Å². The minimum absolute atomic E-state index is 0.0337. The molecule has 0 aliphatic carbocycles. The Morgan fingerprint density at radius 2 is 2.30 bits per heavy atom. The Kier molecular flexibility index (Phi) is 4.14. The molecule has 0 saturated heterocycles. The number of thiazole rings is 1. The topological polar surface area (TPSA) is 107 Å². The van der Waals surface area contributed by atoms with Crippen molar-refractivity contribution in [3.63, 3.8) is 0 Å². The number of nitrogen functional groups attached to an aromatic ring is 1. The minimum Gasteiger partial charge on any atom is -0.378 e. The number of nitro groups is 1. The van der Waals surface area contributed by atoms with E-state index in [2.05, 4.69) is 22.2 Å². The smallest absolute Gasteiger partial charge is 0.311 e. The average molecular weight is 293 g/mol. The molecule has 1 unspecified atom stereocenters. The summed E-state index contributed by atoms with van der Waals surface area (Å²) in [7, 11) is 0. The number of nitrogens with two attached hydrogens (primary N) is 1. The molecule has 0 saturated carbocycles. The highest BCUT2D eigenvalue weighted by Gasteiger charge is 2.15. The van der Waals surface area contributed by atoms with E-state index in [-0.39, 0.29) is 17.5 Å². The van der Waals surface area contributed by atoms with E-state index in [0.717, 1.165) is 11.4 Å². The number of hydrogen-bond donors (Lipinski definition) is 2. The Labute approximate surface area is 120 Å². The van der Waals surface area contributed by atoms with E-state index >= 15 is 0 Å². The van der Waals surface area contributed by atoms with E-state index in [0.29, 0.717) is 5.82 Å². The fraction of sp³-hybridized carbons (Fsp3) is 0.333. The minimum atomic E-state index is -0.552. The van der Waals surface area contributed by atoms with Crippen LogP contribution < -0.4 is 11.1 Å². The zero-order valence-electron chi connectivity index (χ0n) is 11.2. The van der Waals surface area contributed by atoms with E-state index in [1.807, 2.05) is 13.1 Å². The summed E-state index contributed by atoms with van der Waals surface area (Å²) in [6, 6.07) is 2.85. The third kappa shape index (κ3) is 3.02. The van der Waals surface area contributed by atoms with Gasteiger partial charge in [-0.3, -0.25) is 10.1 Å². The predicted molar refractivity (Wildman–Crippen MR) is 78.8 cm³/mol. The second-order valence-corrected chi connectivity index (χ2v) is 5.39. The molecular weight excluding hydrogens is 278 g/mol. The largest absolute Gasteiger partial charge is 0.378 e. The molecule has 0 fully saturated rings. The summed E-state index contributed by atoms with van der Waals surface area (Å²) in [5.74, 6) is 0.398. The van der Waals surface area contributed by atoms with Gasteiger partial charge in [0.2, 0.25) is 5.82 Å². The molecule has 106 valence electrons. The van der Waals surface area contributed by atoms with E-state index < -0.39 is 4.92 Å². The standard InChI is InChI=1S/C12H15N5O2S/c1-3-8-6-14-12(20-8)7(2)15-10-5-4-9(17(18)19)11(13)16-10/h4-7H,3H2,1-2H3,(H3,13,15,16). The van der Waals surface area contributed by atoms with Gasteiger partial charge in [0.05, 0.1) is 11.0 Å². The maximum absolute atomic E-state index is 10.7. The number of nitrogens with one attached hydrogen (secondary N) is 1. The number of aromatic nitrogens is 2. The number of aryl methyl sites for hydroxylation is 1. The number of anilines is 2. The molecule has 0 radical (unpaired) electrons. The fourth-order valence-corrected chi connectivity index (χ4v) is 2.53. The predicted octanol–water partition coefficient (Wildman–Crippen LogP) is 2.76. The van der Waals surface area contributed by atoms with Gasteiger partial charge in [0.15, 0.2) is 0 Å². The molecule has 2 aromatic rings. The highest BCUT2D eigenvalue weighted by atomic mass is 32.1. The molecule has 2 heterocycles. The lowest BCUT2D eigenvalue weighted by molar-refractivity contribution is -0.384. The summed E-state index contributed by atoms with van der Waals surface area (Å²) < 4.78 is 0. The third-order valence-electron chi connectivity index (χ3n) is 2.75. The molecule has 0 bridgehead atoms. The monoisotopic (exact) mass is 293 g/mol. The zero-order valence-corrected chi connectivity index (χ0v) is 12.0. The first-order valence-electron chi connectivity index (χ1n) is 6.13. The summed E-state index contributed by atoms with van der Waals surface area (Å²) in [5.41, 5.74) is 5.37. The van der Waals surface area contributed by atoms with Crippen LogP contribution in [0.25, 0.3) is 0 Å². The molecule has 0 aliphatic heterocycles. The molecule has 2 aromatic heterocycles. The second-order valence-electron chi connectivity index (χ2n) is 4.24. The van der Waals surface area contributed by atoms with Crippen molar-refractivity contribution in [3.8, 4) is 0 Å². The second kappa shape index (κ2) is 5.83. The van der Waals surface area contributed by atoms with E-state index in [9.17, 15) is 10.1 Å². The van der Waals surface area contributed by atoms with Crippen molar-refractivity contribution in [2.75, 3.05) is 11.1 Å². The van der Waals surface area contributed by atoms with E-state index in [1.165, 1.54) is 10.9 Å². The van der Waals surface area contributed by atoms with E-state index in [4.69, 9.17) is 5.73 Å². The summed E-state index contributed by atoms with van der Waals surface area (Å²) in [6.07, 6.45) is 2.81. The van der Waals surface area contributed by atoms with Crippen molar-refractivity contribution in [2.45, 2.75) is 26.3 Å². The van der Waals surface area contributed by atoms with Crippen LogP contribution in [0.4, 0.5) is 17.3 Å². The van der Waals surface area contributed by atoms with Crippen LogP contribution >= 0.6 is 11.3 Å². The van der Waals surface area contributed by atoms with Gasteiger partial charge in [-0.1, -0.05) is 6.92 Å². The van der Waals surface area contributed by atoms with Gasteiger partial charge in [0.25, 0.3) is 0 Å². The maximum atomic E-state index is 10.7. The first-order chi connectivity index (χ1) is 9.51. The van der Waals surface area contributed by atoms with Crippen LogP contribution in [0.1, 0.15) is 29.8 Å². The van der Waals surface area contributed by atoms with Crippen LogP contribution in [-0.4, -0.2) is 14.9 Å². The Hall–Kier alpha value is -2.22. The summed E-state index contributed by atoms with van der Waals surface area (Å²) in [6.45, 7) is 4.03. The van der Waals surface area contributed by atoms with Crippen molar-refractivity contribution < 1.29 is 4.92 Å². The lowest BCUT2D eigenvalue weighted by atomic mass is 10.3.